The highest BCUT2D eigenvalue weighted by molar-refractivity contribution is 5.86. The normalized spacial score (nSPS) is 10.8. The molecule has 2 aromatic carbocycles. The molecule has 1 heterocycles. The third-order valence-corrected chi connectivity index (χ3v) is 3.20. The van der Waals surface area contributed by atoms with Crippen LogP contribution >= 0.6 is 0 Å². The molecule has 0 saturated carbocycles. The SMILES string of the molecule is O=c1cc(-c2ccccc2)oc2cc(OCCO)cc(O)c12. The van der Waals surface area contributed by atoms with Crippen molar-refractivity contribution in [2.24, 2.45) is 0 Å². The Morgan fingerprint density at radius 3 is 2.59 bits per heavy atom. The van der Waals surface area contributed by atoms with Gasteiger partial charge in [0.15, 0.2) is 5.43 Å². The van der Waals surface area contributed by atoms with Crippen LogP contribution in [0.4, 0.5) is 0 Å². The van der Waals surface area contributed by atoms with Gasteiger partial charge < -0.3 is 19.4 Å². The number of phenols is 1. The number of aliphatic hydroxyl groups excluding tert-OH is 1. The second-order valence-corrected chi connectivity index (χ2v) is 4.73. The predicted octanol–water partition coefficient (Wildman–Crippen LogP) is 2.54. The molecule has 0 atom stereocenters. The van der Waals surface area contributed by atoms with Gasteiger partial charge in [-0.3, -0.25) is 4.79 Å². The minimum Gasteiger partial charge on any atom is -0.507 e. The van der Waals surface area contributed by atoms with E-state index in [1.54, 1.807) is 0 Å². The average Bonchev–Trinajstić information content (AvgIpc) is 2.53. The fourth-order valence-electron chi connectivity index (χ4n) is 2.23. The van der Waals surface area contributed by atoms with Crippen LogP contribution in [0.5, 0.6) is 11.5 Å². The maximum Gasteiger partial charge on any atom is 0.197 e. The van der Waals surface area contributed by atoms with Crippen LogP contribution in [0.15, 0.2) is 57.7 Å². The van der Waals surface area contributed by atoms with Crippen molar-refractivity contribution in [1.29, 1.82) is 0 Å². The fourth-order valence-corrected chi connectivity index (χ4v) is 2.23. The molecule has 3 aromatic rings. The number of fused-ring (bicyclic) bond motifs is 1. The van der Waals surface area contributed by atoms with E-state index in [-0.39, 0.29) is 35.4 Å². The van der Waals surface area contributed by atoms with Crippen molar-refractivity contribution in [2.45, 2.75) is 0 Å². The van der Waals surface area contributed by atoms with Crippen molar-refractivity contribution in [3.05, 3.63) is 58.8 Å². The molecule has 5 nitrogen and oxygen atoms in total. The number of phenolic OH excluding ortho intramolecular Hbond substituents is 1. The molecule has 22 heavy (non-hydrogen) atoms. The monoisotopic (exact) mass is 298 g/mol. The molecule has 1 aromatic heterocycles. The van der Waals surface area contributed by atoms with E-state index in [1.807, 2.05) is 30.3 Å². The highest BCUT2D eigenvalue weighted by Crippen LogP contribution is 2.30. The Bertz CT molecular complexity index is 852. The molecule has 112 valence electrons. The molecule has 0 spiro atoms. The first kappa shape index (κ1) is 14.2. The molecule has 0 aliphatic rings. The van der Waals surface area contributed by atoms with Gasteiger partial charge in [-0.05, 0) is 0 Å². The summed E-state index contributed by atoms with van der Waals surface area (Å²) < 4.78 is 11.0. The first-order chi connectivity index (χ1) is 10.7. The summed E-state index contributed by atoms with van der Waals surface area (Å²) in [5.74, 6) is 0.531. The van der Waals surface area contributed by atoms with Gasteiger partial charge in [0.2, 0.25) is 0 Å². The molecule has 0 bridgehead atoms. The summed E-state index contributed by atoms with van der Waals surface area (Å²) in [6.07, 6.45) is 0. The van der Waals surface area contributed by atoms with E-state index >= 15 is 0 Å². The topological polar surface area (TPSA) is 79.9 Å². The molecule has 0 aliphatic carbocycles. The van der Waals surface area contributed by atoms with Crippen molar-refractivity contribution in [1.82, 2.24) is 0 Å². The Balaban J connectivity index is 2.17. The average molecular weight is 298 g/mol. The van der Waals surface area contributed by atoms with Crippen molar-refractivity contribution in [3.8, 4) is 22.8 Å². The summed E-state index contributed by atoms with van der Waals surface area (Å²) in [5.41, 5.74) is 0.674. The number of benzene rings is 2. The minimum atomic E-state index is -0.327. The summed E-state index contributed by atoms with van der Waals surface area (Å²) in [7, 11) is 0. The molecule has 0 fully saturated rings. The van der Waals surface area contributed by atoms with Crippen molar-refractivity contribution in [2.75, 3.05) is 13.2 Å². The Hall–Kier alpha value is -2.79. The van der Waals surface area contributed by atoms with Crippen LogP contribution in [-0.2, 0) is 0 Å². The molecule has 0 radical (unpaired) electrons. The molecule has 0 unspecified atom stereocenters. The zero-order valence-electron chi connectivity index (χ0n) is 11.7. The van der Waals surface area contributed by atoms with E-state index in [4.69, 9.17) is 14.3 Å². The Morgan fingerprint density at radius 2 is 1.86 bits per heavy atom. The number of ether oxygens (including phenoxy) is 1. The van der Waals surface area contributed by atoms with Gasteiger partial charge >= 0.3 is 0 Å². The number of hydrogen-bond donors (Lipinski definition) is 2. The van der Waals surface area contributed by atoms with Gasteiger partial charge in [-0.2, -0.15) is 0 Å². The van der Waals surface area contributed by atoms with E-state index in [0.29, 0.717) is 11.5 Å². The molecule has 2 N–H and O–H groups in total. The zero-order chi connectivity index (χ0) is 15.5. The zero-order valence-corrected chi connectivity index (χ0v) is 11.7. The molecule has 0 amide bonds. The fraction of sp³-hybridized carbons (Fsp3) is 0.118. The Labute approximate surface area is 126 Å². The largest absolute Gasteiger partial charge is 0.507 e. The van der Waals surface area contributed by atoms with E-state index in [1.165, 1.54) is 18.2 Å². The van der Waals surface area contributed by atoms with Crippen LogP contribution in [0.3, 0.4) is 0 Å². The predicted molar refractivity (Wildman–Crippen MR) is 82.2 cm³/mol. The van der Waals surface area contributed by atoms with Gasteiger partial charge in [-0.15, -0.1) is 0 Å². The summed E-state index contributed by atoms with van der Waals surface area (Å²) in [5, 5.41) is 18.9. The van der Waals surface area contributed by atoms with E-state index in [0.717, 1.165) is 5.56 Å². The van der Waals surface area contributed by atoms with Gasteiger partial charge in [-0.25, -0.2) is 0 Å². The lowest BCUT2D eigenvalue weighted by Gasteiger charge is -2.08. The molecule has 0 aliphatic heterocycles. The maximum atomic E-state index is 12.2. The maximum absolute atomic E-state index is 12.2. The number of hydrogen-bond acceptors (Lipinski definition) is 5. The van der Waals surface area contributed by atoms with Crippen molar-refractivity contribution in [3.63, 3.8) is 0 Å². The lowest BCUT2D eigenvalue weighted by atomic mass is 10.1. The van der Waals surface area contributed by atoms with Crippen molar-refractivity contribution >= 4 is 11.0 Å². The van der Waals surface area contributed by atoms with Crippen LogP contribution in [0.25, 0.3) is 22.3 Å². The van der Waals surface area contributed by atoms with Crippen LogP contribution in [0, 0.1) is 0 Å². The number of rotatable bonds is 4. The van der Waals surface area contributed by atoms with Gasteiger partial charge in [-0.1, -0.05) is 30.3 Å². The van der Waals surface area contributed by atoms with E-state index < -0.39 is 0 Å². The second-order valence-electron chi connectivity index (χ2n) is 4.73. The van der Waals surface area contributed by atoms with Gasteiger partial charge in [0, 0.05) is 23.8 Å². The van der Waals surface area contributed by atoms with Gasteiger partial charge in [0.25, 0.3) is 0 Å². The van der Waals surface area contributed by atoms with E-state index in [2.05, 4.69) is 0 Å². The van der Waals surface area contributed by atoms with Crippen LogP contribution in [0.1, 0.15) is 0 Å². The second kappa shape index (κ2) is 5.91. The highest BCUT2D eigenvalue weighted by Gasteiger charge is 2.12. The quantitative estimate of drug-likeness (QED) is 0.773. The number of aromatic hydroxyl groups is 1. The summed E-state index contributed by atoms with van der Waals surface area (Å²) in [4.78, 5) is 12.2. The lowest BCUT2D eigenvalue weighted by Crippen LogP contribution is -2.04. The smallest absolute Gasteiger partial charge is 0.197 e. The summed E-state index contributed by atoms with van der Waals surface area (Å²) in [6, 6.07) is 13.4. The minimum absolute atomic E-state index is 0.0908. The third-order valence-electron chi connectivity index (χ3n) is 3.20. The van der Waals surface area contributed by atoms with E-state index in [9.17, 15) is 9.90 Å². The molecular formula is C17H14O5. The standard InChI is InChI=1S/C17H14O5/c18-6-7-21-12-8-13(19)17-14(20)10-15(22-16(17)9-12)11-4-2-1-3-5-11/h1-5,8-10,18-19H,6-7H2. The first-order valence-corrected chi connectivity index (χ1v) is 6.79. The van der Waals surface area contributed by atoms with Crippen LogP contribution in [-0.4, -0.2) is 23.4 Å². The number of aliphatic hydroxyl groups is 1. The summed E-state index contributed by atoms with van der Waals surface area (Å²) >= 11 is 0. The molecular weight excluding hydrogens is 284 g/mol. The van der Waals surface area contributed by atoms with Gasteiger partial charge in [0.1, 0.15) is 34.8 Å². The van der Waals surface area contributed by atoms with Crippen LogP contribution < -0.4 is 10.2 Å². The molecule has 5 heteroatoms. The molecule has 0 saturated heterocycles. The lowest BCUT2D eigenvalue weighted by molar-refractivity contribution is 0.201. The van der Waals surface area contributed by atoms with Crippen LogP contribution in [0.2, 0.25) is 0 Å². The summed E-state index contributed by atoms with van der Waals surface area (Å²) in [6.45, 7) is -0.0552. The Kier molecular flexibility index (Phi) is 3.80. The molecule has 3 rings (SSSR count). The third kappa shape index (κ3) is 2.66. The van der Waals surface area contributed by atoms with Crippen molar-refractivity contribution < 1.29 is 19.4 Å². The Morgan fingerprint density at radius 1 is 1.09 bits per heavy atom. The highest BCUT2D eigenvalue weighted by atomic mass is 16.5. The van der Waals surface area contributed by atoms with Gasteiger partial charge in [0.05, 0.1) is 6.61 Å². The first-order valence-electron chi connectivity index (χ1n) is 6.79.